The third kappa shape index (κ3) is 3.09. The Bertz CT molecular complexity index is 664. The molecule has 0 amide bonds. The Kier molecular flexibility index (Phi) is 4.26. The van der Waals surface area contributed by atoms with E-state index in [2.05, 4.69) is 0 Å². The maximum atomic E-state index is 12.1. The van der Waals surface area contributed by atoms with Gasteiger partial charge in [-0.05, 0) is 60.9 Å². The minimum absolute atomic E-state index is 0.140. The summed E-state index contributed by atoms with van der Waals surface area (Å²) in [4.78, 5) is 12.1. The Morgan fingerprint density at radius 3 is 2.35 bits per heavy atom. The van der Waals surface area contributed by atoms with Crippen molar-refractivity contribution in [2.24, 2.45) is 0 Å². The van der Waals surface area contributed by atoms with E-state index in [1.165, 1.54) is 6.08 Å². The molecule has 3 heteroatoms. The smallest absolute Gasteiger partial charge is 0.187 e. The van der Waals surface area contributed by atoms with E-state index in [0.29, 0.717) is 16.3 Å². The summed E-state index contributed by atoms with van der Waals surface area (Å²) in [6.45, 7) is 3.66. The summed E-state index contributed by atoms with van der Waals surface area (Å²) in [5.74, 6) is 0.151. The van der Waals surface area contributed by atoms with E-state index in [1.807, 2.05) is 26.0 Å². The summed E-state index contributed by atoms with van der Waals surface area (Å²) in [6, 6.07) is 10.6. The zero-order valence-corrected chi connectivity index (χ0v) is 12.1. The first-order valence-electron chi connectivity index (χ1n) is 6.26. The molecule has 0 aliphatic heterocycles. The van der Waals surface area contributed by atoms with Crippen LogP contribution < -0.4 is 0 Å². The van der Waals surface area contributed by atoms with Crippen molar-refractivity contribution in [2.45, 2.75) is 13.8 Å². The average Bonchev–Trinajstić information content (AvgIpc) is 2.42. The van der Waals surface area contributed by atoms with Crippen LogP contribution in [0.25, 0.3) is 6.08 Å². The van der Waals surface area contributed by atoms with Crippen LogP contribution in [0.4, 0.5) is 0 Å². The van der Waals surface area contributed by atoms with Crippen molar-refractivity contribution in [3.8, 4) is 5.75 Å². The van der Waals surface area contributed by atoms with Gasteiger partial charge in [-0.2, -0.15) is 0 Å². The number of carbonyl (C=O) groups is 1. The SMILES string of the molecule is Cc1cc(/C=C/C(=O)c2ccccc2Cl)cc(C)c1O. The van der Waals surface area contributed by atoms with Crippen molar-refractivity contribution in [1.82, 2.24) is 0 Å². The molecule has 0 aliphatic carbocycles. The molecule has 20 heavy (non-hydrogen) atoms. The van der Waals surface area contributed by atoms with Crippen LogP contribution >= 0.6 is 11.6 Å². The molecule has 0 spiro atoms. The van der Waals surface area contributed by atoms with Crippen molar-refractivity contribution < 1.29 is 9.90 Å². The molecule has 1 N–H and O–H groups in total. The van der Waals surface area contributed by atoms with Crippen LogP contribution in [0.2, 0.25) is 5.02 Å². The summed E-state index contributed by atoms with van der Waals surface area (Å²) < 4.78 is 0. The Hall–Kier alpha value is -2.06. The topological polar surface area (TPSA) is 37.3 Å². The Morgan fingerprint density at radius 2 is 1.75 bits per heavy atom. The van der Waals surface area contributed by atoms with Gasteiger partial charge in [0, 0.05) is 5.56 Å². The van der Waals surface area contributed by atoms with E-state index < -0.39 is 0 Å². The highest BCUT2D eigenvalue weighted by Gasteiger charge is 2.06. The lowest BCUT2D eigenvalue weighted by atomic mass is 10.0. The van der Waals surface area contributed by atoms with Gasteiger partial charge in [0.05, 0.1) is 5.02 Å². The first-order valence-corrected chi connectivity index (χ1v) is 6.64. The van der Waals surface area contributed by atoms with Gasteiger partial charge in [0.1, 0.15) is 5.75 Å². The number of aryl methyl sites for hydroxylation is 2. The van der Waals surface area contributed by atoms with Gasteiger partial charge in [0.2, 0.25) is 0 Å². The molecule has 0 saturated heterocycles. The lowest BCUT2D eigenvalue weighted by Crippen LogP contribution is -1.94. The van der Waals surface area contributed by atoms with Crippen molar-refractivity contribution in [3.05, 3.63) is 69.8 Å². The predicted octanol–water partition coefficient (Wildman–Crippen LogP) is 4.56. The van der Waals surface area contributed by atoms with E-state index >= 15 is 0 Å². The van der Waals surface area contributed by atoms with Crippen molar-refractivity contribution >= 4 is 23.5 Å². The van der Waals surface area contributed by atoms with Crippen LogP contribution in [-0.2, 0) is 0 Å². The minimum Gasteiger partial charge on any atom is -0.507 e. The second kappa shape index (κ2) is 5.93. The summed E-state index contributed by atoms with van der Waals surface area (Å²) in [5, 5.41) is 10.2. The lowest BCUT2D eigenvalue weighted by Gasteiger charge is -2.04. The van der Waals surface area contributed by atoms with Gasteiger partial charge in [0.25, 0.3) is 0 Å². The van der Waals surface area contributed by atoms with Gasteiger partial charge < -0.3 is 5.11 Å². The van der Waals surface area contributed by atoms with Crippen LogP contribution in [0.5, 0.6) is 5.75 Å². The molecule has 2 nitrogen and oxygen atoms in total. The maximum Gasteiger partial charge on any atom is 0.187 e. The molecule has 0 aromatic heterocycles. The summed E-state index contributed by atoms with van der Waals surface area (Å²) >= 11 is 5.98. The largest absolute Gasteiger partial charge is 0.507 e. The number of ketones is 1. The third-order valence-corrected chi connectivity index (χ3v) is 3.41. The number of hydrogen-bond acceptors (Lipinski definition) is 2. The maximum absolute atomic E-state index is 12.1. The fourth-order valence-electron chi connectivity index (χ4n) is 2.01. The molecule has 0 radical (unpaired) electrons. The molecule has 0 bridgehead atoms. The quantitative estimate of drug-likeness (QED) is 0.663. The second-order valence-electron chi connectivity index (χ2n) is 4.68. The molecule has 0 atom stereocenters. The molecule has 0 aliphatic rings. The van der Waals surface area contributed by atoms with Crippen LogP contribution in [-0.4, -0.2) is 10.9 Å². The summed E-state index contributed by atoms with van der Waals surface area (Å²) in [6.07, 6.45) is 3.22. The van der Waals surface area contributed by atoms with E-state index in [4.69, 9.17) is 11.6 Å². The third-order valence-electron chi connectivity index (χ3n) is 3.08. The first kappa shape index (κ1) is 14.4. The van der Waals surface area contributed by atoms with Crippen LogP contribution in [0.3, 0.4) is 0 Å². The van der Waals surface area contributed by atoms with Crippen molar-refractivity contribution in [1.29, 1.82) is 0 Å². The highest BCUT2D eigenvalue weighted by atomic mass is 35.5. The molecular weight excluding hydrogens is 272 g/mol. The van der Waals surface area contributed by atoms with E-state index in [0.717, 1.165) is 16.7 Å². The Labute approximate surface area is 123 Å². The average molecular weight is 287 g/mol. The van der Waals surface area contributed by atoms with Gasteiger partial charge in [0.15, 0.2) is 5.78 Å². The van der Waals surface area contributed by atoms with Crippen molar-refractivity contribution in [2.75, 3.05) is 0 Å². The van der Waals surface area contributed by atoms with E-state index in [-0.39, 0.29) is 5.78 Å². The van der Waals surface area contributed by atoms with E-state index in [9.17, 15) is 9.90 Å². The number of rotatable bonds is 3. The number of aromatic hydroxyl groups is 1. The number of carbonyl (C=O) groups excluding carboxylic acids is 1. The molecule has 0 saturated carbocycles. The molecular formula is C17H15ClO2. The molecule has 2 rings (SSSR count). The van der Waals surface area contributed by atoms with Crippen molar-refractivity contribution in [3.63, 3.8) is 0 Å². The fourth-order valence-corrected chi connectivity index (χ4v) is 2.24. The number of phenolic OH excluding ortho intramolecular Hbond substituents is 1. The normalized spacial score (nSPS) is 10.9. The molecule has 2 aromatic rings. The summed E-state index contributed by atoms with van der Waals surface area (Å²) in [7, 11) is 0. The zero-order valence-electron chi connectivity index (χ0n) is 11.4. The van der Waals surface area contributed by atoms with Gasteiger partial charge in [-0.3, -0.25) is 4.79 Å². The number of allylic oxidation sites excluding steroid dienone is 1. The molecule has 0 unspecified atom stereocenters. The number of hydrogen-bond donors (Lipinski definition) is 1. The highest BCUT2D eigenvalue weighted by molar-refractivity contribution is 6.34. The summed E-state index contributed by atoms with van der Waals surface area (Å²) in [5.41, 5.74) is 2.93. The van der Waals surface area contributed by atoms with Crippen LogP contribution in [0, 0.1) is 13.8 Å². The molecule has 102 valence electrons. The highest BCUT2D eigenvalue weighted by Crippen LogP contribution is 2.24. The molecule has 2 aromatic carbocycles. The zero-order chi connectivity index (χ0) is 14.7. The minimum atomic E-state index is -0.140. The van der Waals surface area contributed by atoms with Gasteiger partial charge in [-0.25, -0.2) is 0 Å². The van der Waals surface area contributed by atoms with Gasteiger partial charge in [-0.15, -0.1) is 0 Å². The molecule has 0 heterocycles. The molecule has 0 fully saturated rings. The Balaban J connectivity index is 2.26. The number of phenols is 1. The van der Waals surface area contributed by atoms with Gasteiger partial charge in [-0.1, -0.05) is 29.8 Å². The van der Waals surface area contributed by atoms with Crippen LogP contribution in [0.15, 0.2) is 42.5 Å². The predicted molar refractivity (Wildman–Crippen MR) is 82.4 cm³/mol. The fraction of sp³-hybridized carbons (Fsp3) is 0.118. The Morgan fingerprint density at radius 1 is 1.15 bits per heavy atom. The lowest BCUT2D eigenvalue weighted by molar-refractivity contribution is 0.104. The number of halogens is 1. The monoisotopic (exact) mass is 286 g/mol. The van der Waals surface area contributed by atoms with Gasteiger partial charge >= 0.3 is 0 Å². The second-order valence-corrected chi connectivity index (χ2v) is 5.09. The standard InChI is InChI=1S/C17H15ClO2/c1-11-9-13(10-12(2)17(11)20)7-8-16(19)14-5-3-4-6-15(14)18/h3-10,20H,1-2H3/b8-7+. The van der Waals surface area contributed by atoms with E-state index in [1.54, 1.807) is 30.3 Å². The first-order chi connectivity index (χ1) is 9.49. The number of benzene rings is 2. The van der Waals surface area contributed by atoms with Crippen LogP contribution in [0.1, 0.15) is 27.0 Å².